The Hall–Kier alpha value is -3.72. The second kappa shape index (κ2) is 8.19. The van der Waals surface area contributed by atoms with Crippen LogP contribution in [-0.2, 0) is 16.4 Å². The Morgan fingerprint density at radius 1 is 1.10 bits per heavy atom. The van der Waals surface area contributed by atoms with Crippen LogP contribution in [0.3, 0.4) is 0 Å². The van der Waals surface area contributed by atoms with Crippen LogP contribution < -0.4 is 10.1 Å². The summed E-state index contributed by atoms with van der Waals surface area (Å²) in [4.78, 5) is 16.2. The Morgan fingerprint density at radius 2 is 1.84 bits per heavy atom. The molecule has 2 heterocycles. The van der Waals surface area contributed by atoms with Crippen molar-refractivity contribution in [3.05, 3.63) is 84.1 Å². The van der Waals surface area contributed by atoms with Crippen molar-refractivity contribution in [1.82, 2.24) is 10.3 Å². The first-order valence-corrected chi connectivity index (χ1v) is 10.7. The van der Waals surface area contributed by atoms with Crippen molar-refractivity contribution >= 4 is 26.7 Å². The van der Waals surface area contributed by atoms with Crippen LogP contribution in [0.5, 0.6) is 5.75 Å². The van der Waals surface area contributed by atoms with Crippen LogP contribution in [0.4, 0.5) is 4.39 Å². The molecule has 7 nitrogen and oxygen atoms in total. The number of hydrogen-bond donors (Lipinski definition) is 1. The first-order chi connectivity index (χ1) is 14.9. The molecule has 4 aromatic rings. The number of rotatable bonds is 6. The summed E-state index contributed by atoms with van der Waals surface area (Å²) in [7, 11) is -2.59. The van der Waals surface area contributed by atoms with Crippen LogP contribution in [-0.4, -0.2) is 26.4 Å². The number of fused-ring (bicyclic) bond motifs is 1. The highest BCUT2D eigenvalue weighted by Gasteiger charge is 2.20. The van der Waals surface area contributed by atoms with Gasteiger partial charge in [-0.1, -0.05) is 12.1 Å². The molecule has 0 aliphatic rings. The van der Waals surface area contributed by atoms with Crippen LogP contribution in [0.25, 0.3) is 11.0 Å². The summed E-state index contributed by atoms with van der Waals surface area (Å²) in [5.41, 5.74) is 1.21. The molecule has 0 saturated carbocycles. The van der Waals surface area contributed by atoms with Crippen molar-refractivity contribution in [3.63, 3.8) is 0 Å². The first-order valence-electron chi connectivity index (χ1n) is 9.18. The number of benzene rings is 2. The quantitative estimate of drug-likeness (QED) is 0.459. The van der Waals surface area contributed by atoms with Gasteiger partial charge in [0.25, 0.3) is 5.91 Å². The molecule has 0 radical (unpaired) electrons. The Bertz CT molecular complexity index is 1330. The molecule has 0 aliphatic carbocycles. The summed E-state index contributed by atoms with van der Waals surface area (Å²) >= 11 is 0. The van der Waals surface area contributed by atoms with Crippen molar-refractivity contribution in [3.8, 4) is 5.75 Å². The number of nitrogens with one attached hydrogen (secondary N) is 1. The zero-order valence-corrected chi connectivity index (χ0v) is 17.1. The van der Waals surface area contributed by atoms with Crippen LogP contribution in [0, 0.1) is 5.82 Å². The van der Waals surface area contributed by atoms with E-state index in [0.29, 0.717) is 11.1 Å². The Kier molecular flexibility index (Phi) is 5.43. The summed E-state index contributed by atoms with van der Waals surface area (Å²) in [6.45, 7) is 0.179. The molecule has 0 unspecified atom stereocenters. The molecule has 1 amide bonds. The number of aromatic nitrogens is 1. The molecule has 0 fully saturated rings. The molecule has 0 spiro atoms. The lowest BCUT2D eigenvalue weighted by Crippen LogP contribution is -2.22. The lowest BCUT2D eigenvalue weighted by Gasteiger charge is -2.09. The second-order valence-corrected chi connectivity index (χ2v) is 8.60. The van der Waals surface area contributed by atoms with Gasteiger partial charge < -0.3 is 14.5 Å². The Morgan fingerprint density at radius 3 is 2.55 bits per heavy atom. The van der Waals surface area contributed by atoms with Crippen LogP contribution in [0.1, 0.15) is 16.1 Å². The molecule has 2 aromatic heterocycles. The highest BCUT2D eigenvalue weighted by Crippen LogP contribution is 2.26. The fourth-order valence-corrected chi connectivity index (χ4v) is 4.27. The third kappa shape index (κ3) is 4.13. The van der Waals surface area contributed by atoms with Crippen LogP contribution in [0.2, 0.25) is 0 Å². The number of furan rings is 1. The van der Waals surface area contributed by atoms with Gasteiger partial charge >= 0.3 is 0 Å². The molecule has 9 heteroatoms. The molecule has 0 saturated heterocycles. The minimum atomic E-state index is -3.85. The van der Waals surface area contributed by atoms with E-state index in [9.17, 15) is 17.6 Å². The summed E-state index contributed by atoms with van der Waals surface area (Å²) in [5.74, 6) is -1.03. The lowest BCUT2D eigenvalue weighted by atomic mass is 10.2. The zero-order valence-electron chi connectivity index (χ0n) is 16.3. The largest absolute Gasteiger partial charge is 0.494 e. The number of methoxy groups -OCH3 is 1. The van der Waals surface area contributed by atoms with Gasteiger partial charge in [0.05, 0.1) is 23.1 Å². The van der Waals surface area contributed by atoms with E-state index in [-0.39, 0.29) is 27.8 Å². The summed E-state index contributed by atoms with van der Waals surface area (Å²) < 4.78 is 49.5. The predicted molar refractivity (Wildman–Crippen MR) is 110 cm³/mol. The number of carbonyl (C=O) groups excluding carboxylic acids is 1. The smallest absolute Gasteiger partial charge is 0.287 e. The first kappa shape index (κ1) is 20.5. The van der Waals surface area contributed by atoms with Crippen molar-refractivity contribution in [2.24, 2.45) is 0 Å². The fourth-order valence-electron chi connectivity index (χ4n) is 3.00. The zero-order chi connectivity index (χ0) is 22.0. The maximum Gasteiger partial charge on any atom is 0.287 e. The van der Waals surface area contributed by atoms with Crippen molar-refractivity contribution < 1.29 is 26.8 Å². The average molecular weight is 440 g/mol. The van der Waals surface area contributed by atoms with Crippen molar-refractivity contribution in [2.45, 2.75) is 16.3 Å². The highest BCUT2D eigenvalue weighted by atomic mass is 32.2. The molecule has 4 rings (SSSR count). The maximum atomic E-state index is 13.6. The van der Waals surface area contributed by atoms with Gasteiger partial charge in [-0.25, -0.2) is 12.8 Å². The normalized spacial score (nSPS) is 11.4. The number of nitrogens with zero attached hydrogens (tertiary/aromatic N) is 1. The number of pyridine rings is 1. The molecule has 158 valence electrons. The summed E-state index contributed by atoms with van der Waals surface area (Å²) in [6.07, 6.45) is 3.14. The standard InChI is InChI=1S/C22H17FN2O5S/c1-29-19-11-17(6-7-18(19)23)31(27,28)16-4-2-14(3-5-16)12-25-22(26)20-10-15-8-9-24-13-21(15)30-20/h2-11,13H,12H2,1H3,(H,25,26). The van der Waals surface area contributed by atoms with E-state index in [1.807, 2.05) is 0 Å². The monoisotopic (exact) mass is 440 g/mol. The number of halogens is 1. The van der Waals surface area contributed by atoms with Gasteiger partial charge in [-0.2, -0.15) is 0 Å². The minimum Gasteiger partial charge on any atom is -0.494 e. The Labute approximate surface area is 177 Å². The molecule has 31 heavy (non-hydrogen) atoms. The number of carbonyl (C=O) groups is 1. The van der Waals surface area contributed by atoms with Crippen molar-refractivity contribution in [2.75, 3.05) is 7.11 Å². The van der Waals surface area contributed by atoms with Gasteiger partial charge in [0, 0.05) is 24.2 Å². The van der Waals surface area contributed by atoms with E-state index in [1.54, 1.807) is 30.5 Å². The number of sulfone groups is 1. The van der Waals surface area contributed by atoms with E-state index in [0.717, 1.165) is 17.5 Å². The number of amides is 1. The molecule has 0 aliphatic heterocycles. The SMILES string of the molecule is COc1cc(S(=O)(=O)c2ccc(CNC(=O)c3cc4ccncc4o3)cc2)ccc1F. The van der Waals surface area contributed by atoms with E-state index in [2.05, 4.69) is 10.3 Å². The molecule has 2 aromatic carbocycles. The van der Waals surface area contributed by atoms with E-state index < -0.39 is 21.6 Å². The number of hydrogen-bond acceptors (Lipinski definition) is 6. The Balaban J connectivity index is 1.47. The average Bonchev–Trinajstić information content (AvgIpc) is 3.22. The predicted octanol–water partition coefficient (Wildman–Crippen LogP) is 3.74. The van der Waals surface area contributed by atoms with E-state index in [4.69, 9.17) is 9.15 Å². The third-order valence-electron chi connectivity index (χ3n) is 4.67. The van der Waals surface area contributed by atoms with Gasteiger partial charge in [-0.15, -0.1) is 0 Å². The van der Waals surface area contributed by atoms with Gasteiger partial charge in [0.2, 0.25) is 9.84 Å². The third-order valence-corrected chi connectivity index (χ3v) is 6.43. The van der Waals surface area contributed by atoms with Crippen LogP contribution >= 0.6 is 0 Å². The van der Waals surface area contributed by atoms with Crippen molar-refractivity contribution in [1.29, 1.82) is 0 Å². The molecular weight excluding hydrogens is 423 g/mol. The van der Waals surface area contributed by atoms with Gasteiger partial charge in [-0.05, 0) is 42.0 Å². The molecular formula is C22H17FN2O5S. The maximum absolute atomic E-state index is 13.6. The van der Waals surface area contributed by atoms with Crippen LogP contribution in [0.15, 0.2) is 81.2 Å². The lowest BCUT2D eigenvalue weighted by molar-refractivity contribution is 0.0925. The highest BCUT2D eigenvalue weighted by molar-refractivity contribution is 7.91. The molecule has 0 atom stereocenters. The second-order valence-electron chi connectivity index (χ2n) is 6.65. The van der Waals surface area contributed by atoms with Gasteiger partial charge in [0.1, 0.15) is 0 Å². The van der Waals surface area contributed by atoms with Gasteiger partial charge in [0.15, 0.2) is 22.9 Å². The topological polar surface area (TPSA) is 98.5 Å². The molecule has 0 bridgehead atoms. The van der Waals surface area contributed by atoms with E-state index >= 15 is 0 Å². The number of ether oxygens (including phenoxy) is 1. The molecule has 1 N–H and O–H groups in total. The minimum absolute atomic E-state index is 0.0426. The van der Waals surface area contributed by atoms with E-state index in [1.165, 1.54) is 31.5 Å². The summed E-state index contributed by atoms with van der Waals surface area (Å²) in [5, 5.41) is 3.50. The summed E-state index contributed by atoms with van der Waals surface area (Å²) in [6, 6.07) is 12.8. The van der Waals surface area contributed by atoms with Gasteiger partial charge in [-0.3, -0.25) is 9.78 Å². The fraction of sp³-hybridized carbons (Fsp3) is 0.0909.